The van der Waals surface area contributed by atoms with E-state index in [1.807, 2.05) is 0 Å². The molecule has 4 aliphatic rings. The lowest BCUT2D eigenvalue weighted by atomic mass is 9.81. The summed E-state index contributed by atoms with van der Waals surface area (Å²) in [4.78, 5) is 5.54. The molecule has 4 rings (SSSR count). The Morgan fingerprint density at radius 1 is 0.944 bits per heavy atom. The summed E-state index contributed by atoms with van der Waals surface area (Å²) in [6, 6.07) is 1.76. The summed E-state index contributed by atoms with van der Waals surface area (Å²) in [7, 11) is 0. The van der Waals surface area contributed by atoms with Crippen LogP contribution in [0, 0.1) is 5.92 Å². The van der Waals surface area contributed by atoms with Gasteiger partial charge in [0.1, 0.15) is 0 Å². The van der Waals surface area contributed by atoms with E-state index in [9.17, 15) is 0 Å². The fourth-order valence-electron chi connectivity index (χ4n) is 4.20. The van der Waals surface area contributed by atoms with Crippen molar-refractivity contribution in [3.05, 3.63) is 0 Å². The van der Waals surface area contributed by atoms with Crippen LogP contribution < -0.4 is 0 Å². The highest BCUT2D eigenvalue weighted by Crippen LogP contribution is 2.37. The zero-order valence-corrected chi connectivity index (χ0v) is 12.5. The molecule has 0 aromatic rings. The predicted octanol–water partition coefficient (Wildman–Crippen LogP) is 3.12. The molecule has 0 amide bonds. The number of piperazine rings is 1. The average molecular weight is 250 g/mol. The summed E-state index contributed by atoms with van der Waals surface area (Å²) in [5.41, 5.74) is 0.369. The Morgan fingerprint density at radius 2 is 1.56 bits per heavy atom. The van der Waals surface area contributed by atoms with Gasteiger partial charge in [-0.25, -0.2) is 0 Å². The first-order valence-corrected chi connectivity index (χ1v) is 8.05. The highest BCUT2D eigenvalue weighted by Gasteiger charge is 2.46. The zero-order chi connectivity index (χ0) is 12.8. The third-order valence-corrected chi connectivity index (χ3v) is 5.49. The molecule has 2 nitrogen and oxygen atoms in total. The van der Waals surface area contributed by atoms with Crippen molar-refractivity contribution in [2.45, 2.75) is 76.9 Å². The molecule has 3 aliphatic heterocycles. The summed E-state index contributed by atoms with van der Waals surface area (Å²) in [5, 5.41) is 0. The molecule has 2 atom stereocenters. The Kier molecular flexibility index (Phi) is 3.44. The van der Waals surface area contributed by atoms with Crippen molar-refractivity contribution >= 4 is 0 Å². The lowest BCUT2D eigenvalue weighted by Crippen LogP contribution is -2.71. The molecule has 2 unspecified atom stereocenters. The van der Waals surface area contributed by atoms with E-state index in [1.165, 1.54) is 58.2 Å². The van der Waals surface area contributed by atoms with Crippen LogP contribution in [0.25, 0.3) is 0 Å². The Hall–Kier alpha value is -0.0800. The van der Waals surface area contributed by atoms with Gasteiger partial charge in [0.2, 0.25) is 0 Å². The maximum atomic E-state index is 2.85. The van der Waals surface area contributed by atoms with Crippen LogP contribution in [0.15, 0.2) is 0 Å². The maximum absolute atomic E-state index is 2.85. The minimum atomic E-state index is 0.369. The molecule has 2 bridgehead atoms. The quantitative estimate of drug-likeness (QED) is 0.743. The smallest absolute Gasteiger partial charge is 0.0242 e. The number of rotatable bonds is 2. The summed E-state index contributed by atoms with van der Waals surface area (Å²) in [5.74, 6) is 1.02. The fourth-order valence-corrected chi connectivity index (χ4v) is 4.20. The molecule has 0 N–H and O–H groups in total. The number of hydrogen-bond donors (Lipinski definition) is 0. The molecule has 0 spiro atoms. The Balaban J connectivity index is 1.52. The van der Waals surface area contributed by atoms with Crippen LogP contribution in [-0.4, -0.2) is 47.1 Å². The Labute approximate surface area is 113 Å². The Morgan fingerprint density at radius 3 is 2.11 bits per heavy atom. The molecule has 1 aliphatic carbocycles. The van der Waals surface area contributed by atoms with Crippen LogP contribution in [0.5, 0.6) is 0 Å². The van der Waals surface area contributed by atoms with Crippen molar-refractivity contribution in [2.24, 2.45) is 5.92 Å². The molecule has 18 heavy (non-hydrogen) atoms. The van der Waals surface area contributed by atoms with Crippen molar-refractivity contribution < 1.29 is 0 Å². The summed E-state index contributed by atoms with van der Waals surface area (Å²) in [6.07, 6.45) is 8.93. The van der Waals surface area contributed by atoms with E-state index in [2.05, 4.69) is 30.6 Å². The van der Waals surface area contributed by atoms with E-state index in [-0.39, 0.29) is 0 Å². The highest BCUT2D eigenvalue weighted by molar-refractivity contribution is 5.03. The first kappa shape index (κ1) is 12.9. The standard InChI is InChI=1S/C16H30N2/c1-16(2,3)17-11-14-9-15(12-17)18(14)10-13-7-5-4-6-8-13/h13-15H,4-12H2,1-3H3. The molecule has 3 saturated heterocycles. The van der Waals surface area contributed by atoms with Crippen LogP contribution in [0.2, 0.25) is 0 Å². The summed E-state index contributed by atoms with van der Waals surface area (Å²) >= 11 is 0. The lowest BCUT2D eigenvalue weighted by molar-refractivity contribution is -0.102. The van der Waals surface area contributed by atoms with Crippen LogP contribution in [0.4, 0.5) is 0 Å². The number of nitrogens with zero attached hydrogens (tertiary/aromatic N) is 2. The molecule has 1 saturated carbocycles. The normalized spacial score (nSPS) is 35.5. The van der Waals surface area contributed by atoms with Gasteiger partial charge in [0, 0.05) is 37.3 Å². The average Bonchev–Trinajstić information content (AvgIpc) is 2.36. The number of piperidine rings is 1. The van der Waals surface area contributed by atoms with Crippen LogP contribution >= 0.6 is 0 Å². The molecule has 0 radical (unpaired) electrons. The van der Waals surface area contributed by atoms with E-state index in [1.54, 1.807) is 0 Å². The van der Waals surface area contributed by atoms with Gasteiger partial charge in [0.25, 0.3) is 0 Å². The minimum absolute atomic E-state index is 0.369. The van der Waals surface area contributed by atoms with E-state index in [4.69, 9.17) is 0 Å². The van der Waals surface area contributed by atoms with E-state index in [0.29, 0.717) is 5.54 Å². The highest BCUT2D eigenvalue weighted by atomic mass is 15.4. The predicted molar refractivity (Wildman–Crippen MR) is 76.8 cm³/mol. The molecule has 0 aromatic heterocycles. The van der Waals surface area contributed by atoms with Crippen molar-refractivity contribution in [1.82, 2.24) is 9.80 Å². The number of fused-ring (bicyclic) bond motifs is 2. The van der Waals surface area contributed by atoms with Crippen LogP contribution in [0.3, 0.4) is 0 Å². The van der Waals surface area contributed by atoms with Gasteiger partial charge < -0.3 is 0 Å². The van der Waals surface area contributed by atoms with Crippen molar-refractivity contribution in [1.29, 1.82) is 0 Å². The molecule has 3 heterocycles. The second-order valence-electron chi connectivity index (χ2n) is 7.82. The van der Waals surface area contributed by atoms with Gasteiger partial charge in [0.05, 0.1) is 0 Å². The first-order chi connectivity index (χ1) is 8.54. The van der Waals surface area contributed by atoms with Crippen LogP contribution in [0.1, 0.15) is 59.3 Å². The third-order valence-electron chi connectivity index (χ3n) is 5.49. The van der Waals surface area contributed by atoms with Crippen molar-refractivity contribution in [3.8, 4) is 0 Å². The second-order valence-corrected chi connectivity index (χ2v) is 7.82. The van der Waals surface area contributed by atoms with Gasteiger partial charge in [0.15, 0.2) is 0 Å². The summed E-state index contributed by atoms with van der Waals surface area (Å²) in [6.45, 7) is 11.1. The number of hydrogen-bond acceptors (Lipinski definition) is 2. The first-order valence-electron chi connectivity index (χ1n) is 8.05. The van der Waals surface area contributed by atoms with Crippen LogP contribution in [-0.2, 0) is 0 Å². The molecule has 4 fully saturated rings. The van der Waals surface area contributed by atoms with E-state index < -0.39 is 0 Å². The lowest BCUT2D eigenvalue weighted by Gasteiger charge is -2.60. The zero-order valence-electron chi connectivity index (χ0n) is 12.5. The topological polar surface area (TPSA) is 6.48 Å². The van der Waals surface area contributed by atoms with Gasteiger partial charge in [-0.2, -0.15) is 0 Å². The van der Waals surface area contributed by atoms with Gasteiger partial charge in [-0.3, -0.25) is 9.80 Å². The van der Waals surface area contributed by atoms with Gasteiger partial charge in [-0.15, -0.1) is 0 Å². The van der Waals surface area contributed by atoms with Crippen molar-refractivity contribution in [3.63, 3.8) is 0 Å². The Bertz CT molecular complexity index is 276. The fraction of sp³-hybridized carbons (Fsp3) is 1.00. The molecule has 2 heteroatoms. The summed E-state index contributed by atoms with van der Waals surface area (Å²) < 4.78 is 0. The van der Waals surface area contributed by atoms with Gasteiger partial charge in [-0.05, 0) is 46.0 Å². The maximum Gasteiger partial charge on any atom is 0.0242 e. The van der Waals surface area contributed by atoms with Gasteiger partial charge >= 0.3 is 0 Å². The van der Waals surface area contributed by atoms with E-state index >= 15 is 0 Å². The monoisotopic (exact) mass is 250 g/mol. The largest absolute Gasteiger partial charge is 0.295 e. The molecule has 0 aromatic carbocycles. The minimum Gasteiger partial charge on any atom is -0.295 e. The second kappa shape index (κ2) is 4.79. The van der Waals surface area contributed by atoms with Gasteiger partial charge in [-0.1, -0.05) is 19.3 Å². The molecule has 104 valence electrons. The molecular formula is C16H30N2. The van der Waals surface area contributed by atoms with E-state index in [0.717, 1.165) is 18.0 Å². The van der Waals surface area contributed by atoms with Crippen molar-refractivity contribution in [2.75, 3.05) is 19.6 Å². The third kappa shape index (κ3) is 2.46. The SMILES string of the molecule is CC(C)(C)N1CC2CC(C1)N2CC1CCCCC1. The molecular weight excluding hydrogens is 220 g/mol.